The van der Waals surface area contributed by atoms with Gasteiger partial charge in [0.1, 0.15) is 22.3 Å². The summed E-state index contributed by atoms with van der Waals surface area (Å²) < 4.78 is 15.3. The zero-order valence-corrected chi connectivity index (χ0v) is 27.1. The minimum absolute atomic E-state index is 0.560. The summed E-state index contributed by atoms with van der Waals surface area (Å²) in [6.45, 7) is 0. The zero-order chi connectivity index (χ0) is 33.5. The minimum Gasteiger partial charge on any atom is -0.456 e. The maximum absolute atomic E-state index is 6.64. The van der Waals surface area contributed by atoms with Crippen molar-refractivity contribution in [1.29, 1.82) is 0 Å². The van der Waals surface area contributed by atoms with E-state index in [1.807, 2.05) is 84.9 Å². The van der Waals surface area contributed by atoms with Gasteiger partial charge in [0.25, 0.3) is 0 Å². The largest absolute Gasteiger partial charge is 0.456 e. The Kier molecular flexibility index (Phi) is 5.86. The summed E-state index contributed by atoms with van der Waals surface area (Å²) in [6.07, 6.45) is 0. The summed E-state index contributed by atoms with van der Waals surface area (Å²) >= 11 is 0. The van der Waals surface area contributed by atoms with Crippen LogP contribution in [0.25, 0.3) is 106 Å². The zero-order valence-electron chi connectivity index (χ0n) is 27.1. The Morgan fingerprint density at radius 3 is 1.78 bits per heavy atom. The highest BCUT2D eigenvalue weighted by molar-refractivity contribution is 6.18. The third-order valence-electron chi connectivity index (χ3n) is 9.85. The van der Waals surface area contributed by atoms with E-state index >= 15 is 0 Å². The number of hydrogen-bond acceptors (Lipinski definition) is 5. The second-order valence-electron chi connectivity index (χ2n) is 12.8. The lowest BCUT2D eigenvalue weighted by atomic mass is 10.1. The number of rotatable bonds is 4. The highest BCUT2D eigenvalue weighted by atomic mass is 16.3. The van der Waals surface area contributed by atoms with Gasteiger partial charge in [-0.3, -0.25) is 0 Å². The molecular weight excluding hydrogens is 629 g/mol. The summed E-state index contributed by atoms with van der Waals surface area (Å²) in [6, 6.07) is 53.9. The first-order valence-corrected chi connectivity index (χ1v) is 16.9. The van der Waals surface area contributed by atoms with Crippen molar-refractivity contribution in [3.63, 3.8) is 0 Å². The molecule has 0 fully saturated rings. The maximum atomic E-state index is 6.64. The van der Waals surface area contributed by atoms with E-state index < -0.39 is 0 Å². The van der Waals surface area contributed by atoms with Crippen LogP contribution in [0.3, 0.4) is 0 Å². The molecule has 0 aliphatic heterocycles. The van der Waals surface area contributed by atoms with Crippen LogP contribution in [-0.4, -0.2) is 19.5 Å². The van der Waals surface area contributed by atoms with Crippen molar-refractivity contribution < 1.29 is 8.83 Å². The number of para-hydroxylation sites is 3. The summed E-state index contributed by atoms with van der Waals surface area (Å²) in [5.74, 6) is 1.78. The number of aromatic nitrogens is 4. The van der Waals surface area contributed by atoms with Crippen LogP contribution in [0.15, 0.2) is 167 Å². The van der Waals surface area contributed by atoms with Gasteiger partial charge in [-0.05, 0) is 42.5 Å². The van der Waals surface area contributed by atoms with Gasteiger partial charge in [0.05, 0.1) is 16.6 Å². The van der Waals surface area contributed by atoms with Crippen LogP contribution in [0.4, 0.5) is 0 Å². The number of furan rings is 2. The molecule has 238 valence electrons. The Bertz CT molecular complexity index is 3080. The SMILES string of the molecule is c1ccc(-c2nc(-c3ccccc3)nc(-c3cccc4c3oc3ccc(-n5c6ccccc6c6cc7c(cc65)oc5ccccc57)cc34)n2)cc1. The monoisotopic (exact) mass is 654 g/mol. The molecule has 4 aromatic heterocycles. The van der Waals surface area contributed by atoms with Crippen LogP contribution in [0.1, 0.15) is 0 Å². The molecule has 0 saturated heterocycles. The lowest BCUT2D eigenvalue weighted by Crippen LogP contribution is -2.00. The first-order chi connectivity index (χ1) is 25.3. The fourth-order valence-corrected chi connectivity index (χ4v) is 7.50. The van der Waals surface area contributed by atoms with Crippen LogP contribution in [0, 0.1) is 0 Å². The molecule has 11 rings (SSSR count). The van der Waals surface area contributed by atoms with E-state index in [1.54, 1.807) is 0 Å². The van der Waals surface area contributed by atoms with E-state index in [0.717, 1.165) is 77.3 Å². The molecule has 0 atom stereocenters. The standard InChI is InChI=1S/C45H26N4O2/c1-3-12-27(13-4-1)43-46-44(28-14-5-2-6-15-28)48-45(47-43)33-19-11-18-32-35-24-29(22-23-40(35)51-42(32)33)49-37-20-9-7-16-30(37)34-25-36-31-17-8-10-21-39(31)50-41(36)26-38(34)49/h1-26H. The fraction of sp³-hybridized carbons (Fsp3) is 0. The molecule has 7 aromatic carbocycles. The van der Waals surface area contributed by atoms with Crippen molar-refractivity contribution in [2.75, 3.05) is 0 Å². The van der Waals surface area contributed by atoms with E-state index in [4.69, 9.17) is 23.8 Å². The lowest BCUT2D eigenvalue weighted by Gasteiger charge is -2.08. The highest BCUT2D eigenvalue weighted by Gasteiger charge is 2.20. The van der Waals surface area contributed by atoms with Crippen molar-refractivity contribution in [2.24, 2.45) is 0 Å². The van der Waals surface area contributed by atoms with E-state index in [-0.39, 0.29) is 0 Å². The first kappa shape index (κ1) is 27.9. The van der Waals surface area contributed by atoms with Gasteiger partial charge in [0.15, 0.2) is 17.5 Å². The third kappa shape index (κ3) is 4.26. The Balaban J connectivity index is 1.12. The molecule has 6 heteroatoms. The van der Waals surface area contributed by atoms with Crippen LogP contribution in [0.2, 0.25) is 0 Å². The van der Waals surface area contributed by atoms with E-state index in [1.165, 1.54) is 10.8 Å². The summed E-state index contributed by atoms with van der Waals surface area (Å²) in [5.41, 5.74) is 9.20. The summed E-state index contributed by atoms with van der Waals surface area (Å²) in [7, 11) is 0. The second-order valence-corrected chi connectivity index (χ2v) is 12.8. The molecule has 0 aliphatic rings. The lowest BCUT2D eigenvalue weighted by molar-refractivity contribution is 0.668. The Labute approximate surface area is 290 Å². The second kappa shape index (κ2) is 10.7. The first-order valence-electron chi connectivity index (χ1n) is 16.9. The molecule has 0 unspecified atom stereocenters. The number of hydrogen-bond donors (Lipinski definition) is 0. The van der Waals surface area contributed by atoms with E-state index in [0.29, 0.717) is 17.5 Å². The molecule has 0 bridgehead atoms. The molecule has 0 aliphatic carbocycles. The maximum Gasteiger partial charge on any atom is 0.167 e. The molecule has 0 amide bonds. The molecule has 6 nitrogen and oxygen atoms in total. The molecule has 0 radical (unpaired) electrons. The summed E-state index contributed by atoms with van der Waals surface area (Å²) in [4.78, 5) is 14.9. The van der Waals surface area contributed by atoms with Gasteiger partial charge in [0, 0.05) is 55.2 Å². The fourth-order valence-electron chi connectivity index (χ4n) is 7.50. The smallest absolute Gasteiger partial charge is 0.167 e. The van der Waals surface area contributed by atoms with Gasteiger partial charge in [-0.15, -0.1) is 0 Å². The van der Waals surface area contributed by atoms with Gasteiger partial charge in [0.2, 0.25) is 0 Å². The Hall–Kier alpha value is -7.05. The average molecular weight is 655 g/mol. The topological polar surface area (TPSA) is 69.9 Å². The quantitative estimate of drug-likeness (QED) is 0.189. The van der Waals surface area contributed by atoms with Crippen LogP contribution >= 0.6 is 0 Å². The van der Waals surface area contributed by atoms with Gasteiger partial charge in [-0.25, -0.2) is 15.0 Å². The van der Waals surface area contributed by atoms with Crippen molar-refractivity contribution in [3.8, 4) is 39.9 Å². The van der Waals surface area contributed by atoms with Crippen molar-refractivity contribution >= 4 is 65.7 Å². The molecule has 0 spiro atoms. The van der Waals surface area contributed by atoms with Crippen molar-refractivity contribution in [2.45, 2.75) is 0 Å². The van der Waals surface area contributed by atoms with Gasteiger partial charge in [-0.2, -0.15) is 0 Å². The predicted octanol–water partition coefficient (Wildman–Crippen LogP) is 11.8. The molecule has 0 N–H and O–H groups in total. The predicted molar refractivity (Wildman–Crippen MR) is 205 cm³/mol. The Morgan fingerprint density at radius 2 is 1.00 bits per heavy atom. The van der Waals surface area contributed by atoms with Crippen molar-refractivity contribution in [3.05, 3.63) is 158 Å². The average Bonchev–Trinajstić information content (AvgIpc) is 3.86. The molecule has 0 saturated carbocycles. The number of fused-ring (bicyclic) bond motifs is 9. The Morgan fingerprint density at radius 1 is 0.373 bits per heavy atom. The van der Waals surface area contributed by atoms with Crippen molar-refractivity contribution in [1.82, 2.24) is 19.5 Å². The van der Waals surface area contributed by atoms with Gasteiger partial charge in [-0.1, -0.05) is 109 Å². The molecule has 4 heterocycles. The third-order valence-corrected chi connectivity index (χ3v) is 9.85. The van der Waals surface area contributed by atoms with Crippen LogP contribution in [0.5, 0.6) is 0 Å². The number of nitrogens with zero attached hydrogens (tertiary/aromatic N) is 4. The van der Waals surface area contributed by atoms with Crippen LogP contribution in [-0.2, 0) is 0 Å². The van der Waals surface area contributed by atoms with Gasteiger partial charge >= 0.3 is 0 Å². The normalized spacial score (nSPS) is 11.9. The van der Waals surface area contributed by atoms with Crippen LogP contribution < -0.4 is 0 Å². The minimum atomic E-state index is 0.560. The van der Waals surface area contributed by atoms with E-state index in [9.17, 15) is 0 Å². The van der Waals surface area contributed by atoms with E-state index in [2.05, 4.69) is 77.4 Å². The summed E-state index contributed by atoms with van der Waals surface area (Å²) in [5, 5.41) is 6.63. The number of benzene rings is 7. The highest BCUT2D eigenvalue weighted by Crippen LogP contribution is 2.41. The molecule has 51 heavy (non-hydrogen) atoms. The molecular formula is C45H26N4O2. The van der Waals surface area contributed by atoms with Gasteiger partial charge < -0.3 is 13.4 Å². The molecule has 11 aromatic rings.